The second-order valence-electron chi connectivity index (χ2n) is 4.93. The molecule has 2 aromatic rings. The van der Waals surface area contributed by atoms with Crippen LogP contribution in [0.1, 0.15) is 30.9 Å². The van der Waals surface area contributed by atoms with Gasteiger partial charge in [0, 0.05) is 26.2 Å². The lowest BCUT2D eigenvalue weighted by Gasteiger charge is -2.32. The molecule has 0 aliphatic carbocycles. The summed E-state index contributed by atoms with van der Waals surface area (Å²) in [5, 5.41) is 7.47. The van der Waals surface area contributed by atoms with Gasteiger partial charge in [0.1, 0.15) is 0 Å². The van der Waals surface area contributed by atoms with Crippen LogP contribution in [0.15, 0.2) is 15.3 Å². The van der Waals surface area contributed by atoms with E-state index in [0.29, 0.717) is 11.7 Å². The third-order valence-corrected chi connectivity index (χ3v) is 3.66. The number of piperazine rings is 1. The Morgan fingerprint density at radius 2 is 2.20 bits per heavy atom. The Bertz CT molecular complexity index is 559. The summed E-state index contributed by atoms with van der Waals surface area (Å²) in [5.74, 6) is 1.68. The van der Waals surface area contributed by atoms with E-state index in [-0.39, 0.29) is 6.04 Å². The lowest BCUT2D eigenvalue weighted by atomic mass is 10.1. The van der Waals surface area contributed by atoms with E-state index in [0.717, 1.165) is 44.1 Å². The lowest BCUT2D eigenvalue weighted by Crippen LogP contribution is -2.45. The molecule has 0 aromatic carbocycles. The van der Waals surface area contributed by atoms with Gasteiger partial charge in [-0.15, -0.1) is 0 Å². The molecule has 1 N–H and O–H groups in total. The van der Waals surface area contributed by atoms with Crippen LogP contribution in [0.5, 0.6) is 0 Å². The summed E-state index contributed by atoms with van der Waals surface area (Å²) in [6.45, 7) is 8.01. The number of nitrogens with zero attached hydrogens (tertiary/aromatic N) is 4. The highest BCUT2D eigenvalue weighted by Crippen LogP contribution is 2.26. The summed E-state index contributed by atoms with van der Waals surface area (Å²) < 4.78 is 10.6. The van der Waals surface area contributed by atoms with Gasteiger partial charge in [0.25, 0.3) is 5.89 Å². The van der Waals surface area contributed by atoms with Crippen molar-refractivity contribution in [2.75, 3.05) is 26.2 Å². The largest absolute Gasteiger partial charge is 0.438 e. The molecule has 0 radical (unpaired) electrons. The highest BCUT2D eigenvalue weighted by Gasteiger charge is 2.26. The summed E-state index contributed by atoms with van der Waals surface area (Å²) >= 11 is 0. The normalized spacial score (nSPS) is 18.3. The summed E-state index contributed by atoms with van der Waals surface area (Å²) in [6.07, 6.45) is 2.34. The summed E-state index contributed by atoms with van der Waals surface area (Å²) in [5.41, 5.74) is 0.760. The molecule has 3 rings (SSSR count). The maximum absolute atomic E-state index is 5.33. The van der Waals surface area contributed by atoms with Gasteiger partial charge >= 0.3 is 0 Å². The van der Waals surface area contributed by atoms with Crippen LogP contribution in [0.25, 0.3) is 11.7 Å². The molecule has 7 nitrogen and oxygen atoms in total. The van der Waals surface area contributed by atoms with Gasteiger partial charge in [-0.1, -0.05) is 12.1 Å². The van der Waals surface area contributed by atoms with Gasteiger partial charge in [0.05, 0.1) is 11.7 Å². The van der Waals surface area contributed by atoms with Crippen LogP contribution in [0.4, 0.5) is 0 Å². The van der Waals surface area contributed by atoms with Crippen molar-refractivity contribution < 1.29 is 8.94 Å². The molecule has 0 saturated carbocycles. The molecule has 1 aliphatic rings. The van der Waals surface area contributed by atoms with Crippen LogP contribution >= 0.6 is 0 Å². The number of oxazole rings is 1. The molecule has 1 unspecified atom stereocenters. The zero-order valence-electron chi connectivity index (χ0n) is 11.8. The highest BCUT2D eigenvalue weighted by molar-refractivity contribution is 5.46. The number of rotatable bonds is 4. The topological polar surface area (TPSA) is 80.2 Å². The van der Waals surface area contributed by atoms with Crippen LogP contribution in [0, 0.1) is 6.92 Å². The van der Waals surface area contributed by atoms with Crippen LogP contribution in [-0.4, -0.2) is 46.2 Å². The Morgan fingerprint density at radius 1 is 1.40 bits per heavy atom. The first-order chi connectivity index (χ1) is 9.79. The standard InChI is InChI=1S/C13H19N5O2/c1-3-10(18-6-4-14-5-7-18)12-16-13(20-17-12)11-9(2)15-8-19-11/h8,10,14H,3-7H2,1-2H3. The Labute approximate surface area is 117 Å². The minimum atomic E-state index is 0.192. The van der Waals surface area contributed by atoms with Gasteiger partial charge in [-0.25, -0.2) is 4.98 Å². The van der Waals surface area contributed by atoms with Crippen molar-refractivity contribution in [1.82, 2.24) is 25.3 Å². The fraction of sp³-hybridized carbons (Fsp3) is 0.615. The van der Waals surface area contributed by atoms with E-state index >= 15 is 0 Å². The minimum Gasteiger partial charge on any atom is -0.438 e. The first kappa shape index (κ1) is 13.3. The average molecular weight is 277 g/mol. The van der Waals surface area contributed by atoms with Crippen LogP contribution < -0.4 is 5.32 Å². The van der Waals surface area contributed by atoms with Crippen LogP contribution in [0.3, 0.4) is 0 Å². The fourth-order valence-corrected chi connectivity index (χ4v) is 2.57. The fourth-order valence-electron chi connectivity index (χ4n) is 2.57. The van der Waals surface area contributed by atoms with Crippen LogP contribution in [-0.2, 0) is 0 Å². The van der Waals surface area contributed by atoms with Gasteiger partial charge in [-0.05, 0) is 13.3 Å². The monoisotopic (exact) mass is 277 g/mol. The molecule has 0 bridgehead atoms. The lowest BCUT2D eigenvalue weighted by molar-refractivity contribution is 0.160. The van der Waals surface area contributed by atoms with Gasteiger partial charge < -0.3 is 14.3 Å². The number of aromatic nitrogens is 3. The van der Waals surface area contributed by atoms with Crippen molar-refractivity contribution >= 4 is 0 Å². The molecule has 20 heavy (non-hydrogen) atoms. The van der Waals surface area contributed by atoms with Crippen molar-refractivity contribution in [3.8, 4) is 11.7 Å². The summed E-state index contributed by atoms with van der Waals surface area (Å²) in [6, 6.07) is 0.192. The second kappa shape index (κ2) is 5.72. The molecule has 108 valence electrons. The number of nitrogens with one attached hydrogen (secondary N) is 1. The van der Waals surface area contributed by atoms with Crippen molar-refractivity contribution in [3.05, 3.63) is 17.9 Å². The van der Waals surface area contributed by atoms with Crippen molar-refractivity contribution in [3.63, 3.8) is 0 Å². The van der Waals surface area contributed by atoms with E-state index in [1.54, 1.807) is 0 Å². The predicted octanol–water partition coefficient (Wildman–Crippen LogP) is 1.39. The molecule has 1 saturated heterocycles. The first-order valence-corrected chi connectivity index (χ1v) is 6.98. The Kier molecular flexibility index (Phi) is 3.79. The molecule has 0 spiro atoms. The number of aryl methyl sites for hydroxylation is 1. The highest BCUT2D eigenvalue weighted by atomic mass is 16.5. The minimum absolute atomic E-state index is 0.192. The van der Waals surface area contributed by atoms with Gasteiger partial charge in [-0.2, -0.15) is 4.98 Å². The number of hydrogen-bond donors (Lipinski definition) is 1. The molecule has 1 aliphatic heterocycles. The third-order valence-electron chi connectivity index (χ3n) is 3.66. The van der Waals surface area contributed by atoms with Crippen molar-refractivity contribution in [2.45, 2.75) is 26.3 Å². The zero-order chi connectivity index (χ0) is 13.9. The first-order valence-electron chi connectivity index (χ1n) is 6.98. The second-order valence-corrected chi connectivity index (χ2v) is 4.93. The molecule has 1 fully saturated rings. The van der Waals surface area contributed by atoms with Crippen LogP contribution in [0.2, 0.25) is 0 Å². The number of hydrogen-bond acceptors (Lipinski definition) is 7. The molecular formula is C13H19N5O2. The average Bonchev–Trinajstić information content (AvgIpc) is 3.10. The zero-order valence-corrected chi connectivity index (χ0v) is 11.8. The molecule has 0 amide bonds. The van der Waals surface area contributed by atoms with Gasteiger partial charge in [0.2, 0.25) is 5.76 Å². The van der Waals surface area contributed by atoms with Gasteiger partial charge in [-0.3, -0.25) is 4.90 Å². The molecule has 2 aromatic heterocycles. The van der Waals surface area contributed by atoms with Crippen molar-refractivity contribution in [2.24, 2.45) is 0 Å². The van der Waals surface area contributed by atoms with Gasteiger partial charge in [0.15, 0.2) is 12.2 Å². The third kappa shape index (κ3) is 2.46. The Hall–Kier alpha value is -1.73. The van der Waals surface area contributed by atoms with E-state index in [2.05, 4.69) is 32.3 Å². The molecule has 3 heterocycles. The van der Waals surface area contributed by atoms with E-state index in [1.165, 1.54) is 6.39 Å². The Balaban J connectivity index is 1.82. The maximum atomic E-state index is 5.33. The van der Waals surface area contributed by atoms with E-state index in [4.69, 9.17) is 8.94 Å². The van der Waals surface area contributed by atoms with E-state index in [1.807, 2.05) is 6.92 Å². The van der Waals surface area contributed by atoms with Crippen molar-refractivity contribution in [1.29, 1.82) is 0 Å². The predicted molar refractivity (Wildman–Crippen MR) is 72.0 cm³/mol. The van der Waals surface area contributed by atoms with E-state index < -0.39 is 0 Å². The quantitative estimate of drug-likeness (QED) is 0.904. The molecule has 1 atom stereocenters. The Morgan fingerprint density at radius 3 is 2.85 bits per heavy atom. The van der Waals surface area contributed by atoms with E-state index in [9.17, 15) is 0 Å². The summed E-state index contributed by atoms with van der Waals surface area (Å²) in [7, 11) is 0. The summed E-state index contributed by atoms with van der Waals surface area (Å²) in [4.78, 5) is 10.9. The molecular weight excluding hydrogens is 258 g/mol. The molecule has 7 heteroatoms. The maximum Gasteiger partial charge on any atom is 0.295 e. The smallest absolute Gasteiger partial charge is 0.295 e. The SMILES string of the molecule is CCC(c1noc(-c2ocnc2C)n1)N1CCNCC1.